The number of hydrogen-bond donors (Lipinski definition) is 1. The number of rotatable bonds is 1. The van der Waals surface area contributed by atoms with E-state index in [1.165, 1.54) is 35.7 Å². The summed E-state index contributed by atoms with van der Waals surface area (Å²) in [5.74, 6) is 3.03. The van der Waals surface area contributed by atoms with E-state index in [9.17, 15) is 0 Å². The van der Waals surface area contributed by atoms with Crippen molar-refractivity contribution in [2.75, 3.05) is 18.0 Å². The molecule has 0 unspecified atom stereocenters. The maximum Gasteiger partial charge on any atom is 0.117 e. The number of fused-ring (bicyclic) bond motifs is 3. The molecular formula is C19H18BrN3. The Morgan fingerprint density at radius 1 is 1.17 bits per heavy atom. The summed E-state index contributed by atoms with van der Waals surface area (Å²) in [6.07, 6.45) is 5.82. The van der Waals surface area contributed by atoms with Gasteiger partial charge in [-0.1, -0.05) is 0 Å². The highest BCUT2D eigenvalue weighted by Gasteiger charge is 2.14. The van der Waals surface area contributed by atoms with E-state index in [-0.39, 0.29) is 0 Å². The molecule has 3 aromatic rings. The minimum atomic E-state index is 0.832. The highest BCUT2D eigenvalue weighted by Crippen LogP contribution is 2.32. The Balaban J connectivity index is 1.92. The Kier molecular flexibility index (Phi) is 3.74. The highest BCUT2D eigenvalue weighted by atomic mass is 79.9. The van der Waals surface area contributed by atoms with Crippen LogP contribution in [0.15, 0.2) is 24.4 Å². The molecule has 0 amide bonds. The minimum Gasteiger partial charge on any atom is -0.372 e. The summed E-state index contributed by atoms with van der Waals surface area (Å²) in [5, 5.41) is 2.50. The molecule has 1 aliphatic rings. The Labute approximate surface area is 144 Å². The van der Waals surface area contributed by atoms with Crippen LogP contribution in [0.3, 0.4) is 0 Å². The van der Waals surface area contributed by atoms with Crippen molar-refractivity contribution >= 4 is 43.4 Å². The molecule has 1 fully saturated rings. The molecule has 3 heterocycles. The van der Waals surface area contributed by atoms with Gasteiger partial charge >= 0.3 is 0 Å². The quantitative estimate of drug-likeness (QED) is 0.631. The van der Waals surface area contributed by atoms with Gasteiger partial charge < -0.3 is 9.88 Å². The number of nitrogens with one attached hydrogen (secondary N) is 1. The maximum absolute atomic E-state index is 4.46. The fourth-order valence-electron chi connectivity index (χ4n) is 3.57. The molecule has 1 saturated heterocycles. The number of piperidine rings is 1. The van der Waals surface area contributed by atoms with Crippen molar-refractivity contribution < 1.29 is 0 Å². The Hall–Kier alpha value is -1.99. The summed E-state index contributed by atoms with van der Waals surface area (Å²) in [4.78, 5) is 13.2. The SMILES string of the molecule is Cc1c(C#CBr)ncc2[nH]c3ccc(N4CCCCC4)cc3c12. The van der Waals surface area contributed by atoms with Gasteiger partial charge in [0.2, 0.25) is 0 Å². The van der Waals surface area contributed by atoms with Crippen molar-refractivity contribution in [3.05, 3.63) is 35.7 Å². The third-order valence-electron chi connectivity index (χ3n) is 4.75. The number of aromatic nitrogens is 2. The first-order valence-electron chi connectivity index (χ1n) is 8.05. The molecule has 0 spiro atoms. The van der Waals surface area contributed by atoms with Crippen LogP contribution in [-0.4, -0.2) is 23.1 Å². The smallest absolute Gasteiger partial charge is 0.117 e. The number of anilines is 1. The van der Waals surface area contributed by atoms with E-state index in [1.807, 2.05) is 6.20 Å². The van der Waals surface area contributed by atoms with Crippen molar-refractivity contribution in [2.45, 2.75) is 26.2 Å². The lowest BCUT2D eigenvalue weighted by molar-refractivity contribution is 0.578. The predicted octanol–water partition coefficient (Wildman–Crippen LogP) is 4.72. The summed E-state index contributed by atoms with van der Waals surface area (Å²) in [5.41, 5.74) is 5.53. The number of hydrogen-bond acceptors (Lipinski definition) is 2. The molecule has 1 aromatic carbocycles. The molecule has 0 aliphatic carbocycles. The number of pyridine rings is 1. The first-order valence-corrected chi connectivity index (χ1v) is 8.85. The van der Waals surface area contributed by atoms with Crippen molar-refractivity contribution in [3.63, 3.8) is 0 Å². The maximum atomic E-state index is 4.46. The fraction of sp³-hybridized carbons (Fsp3) is 0.316. The third-order valence-corrected chi connectivity index (χ3v) is 4.95. The topological polar surface area (TPSA) is 31.9 Å². The lowest BCUT2D eigenvalue weighted by Gasteiger charge is -2.28. The van der Waals surface area contributed by atoms with Crippen LogP contribution in [0.4, 0.5) is 5.69 Å². The van der Waals surface area contributed by atoms with Crippen LogP contribution in [0.25, 0.3) is 21.8 Å². The van der Waals surface area contributed by atoms with E-state index >= 15 is 0 Å². The van der Waals surface area contributed by atoms with Crippen LogP contribution in [-0.2, 0) is 0 Å². The van der Waals surface area contributed by atoms with Crippen LogP contribution in [0.1, 0.15) is 30.5 Å². The molecule has 0 radical (unpaired) electrons. The number of benzene rings is 1. The first-order chi connectivity index (χ1) is 11.3. The third kappa shape index (κ3) is 2.49. The van der Waals surface area contributed by atoms with E-state index in [0.29, 0.717) is 0 Å². The van der Waals surface area contributed by atoms with Gasteiger partial charge in [0.1, 0.15) is 5.69 Å². The van der Waals surface area contributed by atoms with Gasteiger partial charge in [0, 0.05) is 51.0 Å². The zero-order valence-electron chi connectivity index (χ0n) is 13.1. The van der Waals surface area contributed by atoms with E-state index in [1.54, 1.807) is 0 Å². The lowest BCUT2D eigenvalue weighted by atomic mass is 10.1. The zero-order chi connectivity index (χ0) is 15.8. The molecule has 23 heavy (non-hydrogen) atoms. The monoisotopic (exact) mass is 367 g/mol. The molecule has 0 saturated carbocycles. The second kappa shape index (κ2) is 5.90. The number of aryl methyl sites for hydroxylation is 1. The van der Waals surface area contributed by atoms with Crippen molar-refractivity contribution in [1.82, 2.24) is 9.97 Å². The van der Waals surface area contributed by atoms with Crippen LogP contribution >= 0.6 is 15.9 Å². The fourth-order valence-corrected chi connectivity index (χ4v) is 3.75. The average molecular weight is 368 g/mol. The van der Waals surface area contributed by atoms with Crippen molar-refractivity contribution in [1.29, 1.82) is 0 Å². The van der Waals surface area contributed by atoms with Gasteiger partial charge in [-0.2, -0.15) is 0 Å². The Morgan fingerprint density at radius 2 is 2.00 bits per heavy atom. The number of nitrogens with zero attached hydrogens (tertiary/aromatic N) is 2. The molecule has 116 valence electrons. The van der Waals surface area contributed by atoms with Crippen molar-refractivity contribution in [3.8, 4) is 10.8 Å². The molecule has 0 bridgehead atoms. The summed E-state index contributed by atoms with van der Waals surface area (Å²) >= 11 is 3.17. The molecule has 0 atom stereocenters. The van der Waals surface area contributed by atoms with Gasteiger partial charge in [0.15, 0.2) is 0 Å². The summed E-state index contributed by atoms with van der Waals surface area (Å²) in [6, 6.07) is 6.73. The second-order valence-electron chi connectivity index (χ2n) is 6.14. The van der Waals surface area contributed by atoms with Crippen LogP contribution in [0.5, 0.6) is 0 Å². The molecule has 3 nitrogen and oxygen atoms in total. The van der Waals surface area contributed by atoms with Gasteiger partial charge in [-0.3, -0.25) is 0 Å². The average Bonchev–Trinajstić information content (AvgIpc) is 2.96. The Bertz CT molecular complexity index is 940. The van der Waals surface area contributed by atoms with E-state index in [2.05, 4.69) is 66.7 Å². The van der Waals surface area contributed by atoms with Gasteiger partial charge in [0.05, 0.1) is 11.7 Å². The van der Waals surface area contributed by atoms with Crippen LogP contribution < -0.4 is 4.90 Å². The first kappa shape index (κ1) is 14.6. The lowest BCUT2D eigenvalue weighted by Crippen LogP contribution is -2.29. The van der Waals surface area contributed by atoms with Gasteiger partial charge in [-0.05, 0) is 60.7 Å². The highest BCUT2D eigenvalue weighted by molar-refractivity contribution is 9.12. The normalized spacial score (nSPS) is 15.0. The molecular weight excluding hydrogens is 350 g/mol. The van der Waals surface area contributed by atoms with Crippen LogP contribution in [0, 0.1) is 17.7 Å². The van der Waals surface area contributed by atoms with Crippen molar-refractivity contribution in [2.24, 2.45) is 0 Å². The largest absolute Gasteiger partial charge is 0.372 e. The second-order valence-corrected chi connectivity index (χ2v) is 6.54. The number of aromatic amines is 1. The van der Waals surface area contributed by atoms with Gasteiger partial charge in [-0.25, -0.2) is 4.98 Å². The van der Waals surface area contributed by atoms with Crippen LogP contribution in [0.2, 0.25) is 0 Å². The predicted molar refractivity (Wildman–Crippen MR) is 100 cm³/mol. The Morgan fingerprint density at radius 3 is 2.78 bits per heavy atom. The molecule has 4 rings (SSSR count). The summed E-state index contributed by atoms with van der Waals surface area (Å²) < 4.78 is 0. The van der Waals surface area contributed by atoms with E-state index < -0.39 is 0 Å². The van der Waals surface area contributed by atoms with E-state index in [4.69, 9.17) is 0 Å². The van der Waals surface area contributed by atoms with Gasteiger partial charge in [0.25, 0.3) is 0 Å². The zero-order valence-corrected chi connectivity index (χ0v) is 14.7. The molecule has 2 aromatic heterocycles. The summed E-state index contributed by atoms with van der Waals surface area (Å²) in [7, 11) is 0. The number of H-pyrrole nitrogens is 1. The van der Waals surface area contributed by atoms with E-state index in [0.717, 1.165) is 35.4 Å². The molecule has 1 aliphatic heterocycles. The van der Waals surface area contributed by atoms with Gasteiger partial charge in [-0.15, -0.1) is 0 Å². The summed E-state index contributed by atoms with van der Waals surface area (Å²) in [6.45, 7) is 4.42. The number of halogens is 1. The minimum absolute atomic E-state index is 0.832. The standard InChI is InChI=1S/C19H18BrN3/c1-13-16(7-8-20)21-12-18-19(13)15-11-14(5-6-17(15)22-18)23-9-3-2-4-10-23/h5-6,11-12,22H,2-4,9-10H2,1H3. The molecule has 1 N–H and O–H groups in total. The molecule has 4 heteroatoms.